The summed E-state index contributed by atoms with van der Waals surface area (Å²) in [5.41, 5.74) is 1.65. The molecule has 3 rings (SSSR count). The van der Waals surface area contributed by atoms with Gasteiger partial charge in [0.1, 0.15) is 0 Å². The third-order valence-electron chi connectivity index (χ3n) is 3.05. The van der Waals surface area contributed by atoms with E-state index < -0.39 is 6.23 Å². The first-order chi connectivity index (χ1) is 10.1. The van der Waals surface area contributed by atoms with Crippen LogP contribution in [0.25, 0.3) is 0 Å². The molecule has 0 spiro atoms. The van der Waals surface area contributed by atoms with E-state index in [0.29, 0.717) is 5.90 Å². The molecule has 2 aromatic rings. The fourth-order valence-electron chi connectivity index (χ4n) is 2.02. The monoisotopic (exact) mass is 345 g/mol. The average Bonchev–Trinajstić information content (AvgIpc) is 2.94. The SMILES string of the molecule is CC(=O)N1N=C(c2ccncc2)OC1c1ccc(Br)cc1. The lowest BCUT2D eigenvalue weighted by Gasteiger charge is -2.19. The molecule has 6 heteroatoms. The van der Waals surface area contributed by atoms with Crippen molar-refractivity contribution in [3.8, 4) is 0 Å². The van der Waals surface area contributed by atoms with Crippen molar-refractivity contribution >= 4 is 27.7 Å². The lowest BCUT2D eigenvalue weighted by molar-refractivity contribution is -0.135. The van der Waals surface area contributed by atoms with Crippen LogP contribution in [0.1, 0.15) is 24.3 Å². The molecule has 0 saturated heterocycles. The van der Waals surface area contributed by atoms with Gasteiger partial charge in [-0.1, -0.05) is 28.1 Å². The van der Waals surface area contributed by atoms with Crippen molar-refractivity contribution in [2.24, 2.45) is 5.10 Å². The van der Waals surface area contributed by atoms with Crippen LogP contribution < -0.4 is 0 Å². The van der Waals surface area contributed by atoms with Gasteiger partial charge in [0, 0.05) is 34.9 Å². The smallest absolute Gasteiger partial charge is 0.243 e. The molecule has 1 unspecified atom stereocenters. The minimum atomic E-state index is -0.543. The van der Waals surface area contributed by atoms with Crippen molar-refractivity contribution in [2.45, 2.75) is 13.2 Å². The second kappa shape index (κ2) is 5.65. The van der Waals surface area contributed by atoms with E-state index in [1.165, 1.54) is 11.9 Å². The van der Waals surface area contributed by atoms with Gasteiger partial charge < -0.3 is 4.74 Å². The summed E-state index contributed by atoms with van der Waals surface area (Å²) in [5, 5.41) is 5.62. The summed E-state index contributed by atoms with van der Waals surface area (Å²) in [5.74, 6) is 0.243. The number of benzene rings is 1. The van der Waals surface area contributed by atoms with Gasteiger partial charge in [0.15, 0.2) is 0 Å². The molecule has 0 N–H and O–H groups in total. The van der Waals surface area contributed by atoms with Crippen molar-refractivity contribution in [3.05, 3.63) is 64.4 Å². The number of halogens is 1. The van der Waals surface area contributed by atoms with Gasteiger partial charge in [-0.2, -0.15) is 5.01 Å². The maximum absolute atomic E-state index is 11.8. The predicted molar refractivity (Wildman–Crippen MR) is 81.3 cm³/mol. The maximum Gasteiger partial charge on any atom is 0.243 e. The molecule has 1 aromatic heterocycles. The van der Waals surface area contributed by atoms with Crippen LogP contribution in [-0.2, 0) is 9.53 Å². The van der Waals surface area contributed by atoms with Gasteiger partial charge in [0.05, 0.1) is 0 Å². The third-order valence-corrected chi connectivity index (χ3v) is 3.58. The molecule has 1 aliphatic rings. The highest BCUT2D eigenvalue weighted by Crippen LogP contribution is 2.30. The molecule has 106 valence electrons. The zero-order valence-electron chi connectivity index (χ0n) is 11.2. The van der Waals surface area contributed by atoms with Crippen LogP contribution in [0, 0.1) is 0 Å². The minimum Gasteiger partial charge on any atom is -0.446 e. The van der Waals surface area contributed by atoms with Gasteiger partial charge >= 0.3 is 0 Å². The summed E-state index contributed by atoms with van der Waals surface area (Å²) < 4.78 is 6.83. The van der Waals surface area contributed by atoms with Gasteiger partial charge in [-0.25, -0.2) is 0 Å². The molecule has 0 fully saturated rings. The topological polar surface area (TPSA) is 54.8 Å². The molecular weight excluding hydrogens is 334 g/mol. The summed E-state index contributed by atoms with van der Waals surface area (Å²) in [4.78, 5) is 15.8. The number of nitrogens with zero attached hydrogens (tertiary/aromatic N) is 3. The molecule has 0 aliphatic carbocycles. The Balaban J connectivity index is 1.93. The molecule has 0 saturated carbocycles. The molecule has 0 radical (unpaired) electrons. The second-order valence-corrected chi connectivity index (χ2v) is 5.44. The standard InChI is InChI=1S/C15H12BrN3O2/c1-10(20)19-15(12-2-4-13(16)5-3-12)21-14(18-19)11-6-8-17-9-7-11/h2-9,15H,1H3. The Bertz CT molecular complexity index is 686. The summed E-state index contributed by atoms with van der Waals surface area (Å²) in [6, 6.07) is 11.2. The Morgan fingerprint density at radius 3 is 2.48 bits per heavy atom. The Labute approximate surface area is 130 Å². The van der Waals surface area contributed by atoms with Gasteiger partial charge in [-0.3, -0.25) is 9.78 Å². The van der Waals surface area contributed by atoms with Crippen LogP contribution in [0.4, 0.5) is 0 Å². The Kier molecular flexibility index (Phi) is 3.70. The van der Waals surface area contributed by atoms with Crippen molar-refractivity contribution < 1.29 is 9.53 Å². The Morgan fingerprint density at radius 1 is 1.19 bits per heavy atom. The van der Waals surface area contributed by atoms with E-state index in [1.54, 1.807) is 24.5 Å². The number of rotatable bonds is 2. The molecule has 1 aliphatic heterocycles. The number of amides is 1. The lowest BCUT2D eigenvalue weighted by atomic mass is 10.2. The van der Waals surface area contributed by atoms with Crippen LogP contribution in [0.3, 0.4) is 0 Å². The number of aromatic nitrogens is 1. The summed E-state index contributed by atoms with van der Waals surface area (Å²) >= 11 is 3.39. The molecule has 2 heterocycles. The molecule has 0 bridgehead atoms. The van der Waals surface area contributed by atoms with Crippen LogP contribution in [0.5, 0.6) is 0 Å². The van der Waals surface area contributed by atoms with E-state index in [2.05, 4.69) is 26.0 Å². The first-order valence-electron chi connectivity index (χ1n) is 6.36. The third kappa shape index (κ3) is 2.80. The van der Waals surface area contributed by atoms with Crippen molar-refractivity contribution in [1.82, 2.24) is 9.99 Å². The summed E-state index contributed by atoms with van der Waals surface area (Å²) in [6.07, 6.45) is 2.78. The number of ether oxygens (including phenoxy) is 1. The maximum atomic E-state index is 11.8. The summed E-state index contributed by atoms with van der Waals surface area (Å²) in [7, 11) is 0. The molecular formula is C15H12BrN3O2. The first-order valence-corrected chi connectivity index (χ1v) is 7.15. The number of hydrazone groups is 1. The largest absolute Gasteiger partial charge is 0.446 e. The number of hydrogen-bond acceptors (Lipinski definition) is 4. The fraction of sp³-hybridized carbons (Fsp3) is 0.133. The van der Waals surface area contributed by atoms with Crippen LogP contribution in [-0.4, -0.2) is 21.8 Å². The number of carbonyl (C=O) groups is 1. The van der Waals surface area contributed by atoms with E-state index in [1.807, 2.05) is 24.3 Å². The van der Waals surface area contributed by atoms with Gasteiger partial charge in [0.25, 0.3) is 0 Å². The predicted octanol–water partition coefficient (Wildman–Crippen LogP) is 3.08. The molecule has 5 nitrogen and oxygen atoms in total. The van der Waals surface area contributed by atoms with E-state index in [9.17, 15) is 4.79 Å². The molecule has 1 atom stereocenters. The Morgan fingerprint density at radius 2 is 1.86 bits per heavy atom. The van der Waals surface area contributed by atoms with Gasteiger partial charge in [-0.05, 0) is 24.3 Å². The van der Waals surface area contributed by atoms with E-state index in [0.717, 1.165) is 15.6 Å². The van der Waals surface area contributed by atoms with E-state index >= 15 is 0 Å². The van der Waals surface area contributed by atoms with Crippen molar-refractivity contribution in [2.75, 3.05) is 0 Å². The molecule has 21 heavy (non-hydrogen) atoms. The lowest BCUT2D eigenvalue weighted by Crippen LogP contribution is -2.25. The average molecular weight is 346 g/mol. The summed E-state index contributed by atoms with van der Waals surface area (Å²) in [6.45, 7) is 1.47. The Hall–Kier alpha value is -2.21. The highest BCUT2D eigenvalue weighted by atomic mass is 79.9. The molecule has 1 amide bonds. The van der Waals surface area contributed by atoms with Crippen LogP contribution in [0.2, 0.25) is 0 Å². The number of carbonyl (C=O) groups excluding carboxylic acids is 1. The number of hydrogen-bond donors (Lipinski definition) is 0. The normalized spacial score (nSPS) is 17.3. The minimum absolute atomic E-state index is 0.174. The molecule has 1 aromatic carbocycles. The zero-order valence-corrected chi connectivity index (χ0v) is 12.8. The zero-order chi connectivity index (χ0) is 14.8. The van der Waals surface area contributed by atoms with Crippen LogP contribution in [0.15, 0.2) is 58.4 Å². The highest BCUT2D eigenvalue weighted by Gasteiger charge is 2.32. The van der Waals surface area contributed by atoms with Crippen LogP contribution >= 0.6 is 15.9 Å². The van der Waals surface area contributed by atoms with Gasteiger partial charge in [-0.15, -0.1) is 5.10 Å². The quantitative estimate of drug-likeness (QED) is 0.840. The highest BCUT2D eigenvalue weighted by molar-refractivity contribution is 9.10. The number of pyridine rings is 1. The first kappa shape index (κ1) is 13.8. The van der Waals surface area contributed by atoms with Crippen molar-refractivity contribution in [3.63, 3.8) is 0 Å². The van der Waals surface area contributed by atoms with Gasteiger partial charge in [0.2, 0.25) is 18.0 Å². The van der Waals surface area contributed by atoms with E-state index in [-0.39, 0.29) is 5.91 Å². The fourth-order valence-corrected chi connectivity index (χ4v) is 2.29. The second-order valence-electron chi connectivity index (χ2n) is 4.53. The van der Waals surface area contributed by atoms with Crippen molar-refractivity contribution in [1.29, 1.82) is 0 Å². The van der Waals surface area contributed by atoms with E-state index in [4.69, 9.17) is 4.74 Å².